The van der Waals surface area contributed by atoms with Crippen molar-refractivity contribution in [3.8, 4) is 0 Å². The van der Waals surface area contributed by atoms with Crippen LogP contribution in [0.3, 0.4) is 0 Å². The number of hydrogen-bond acceptors (Lipinski definition) is 3. The lowest BCUT2D eigenvalue weighted by Crippen LogP contribution is -2.63. The van der Waals surface area contributed by atoms with Crippen LogP contribution in [0.5, 0.6) is 0 Å². The van der Waals surface area contributed by atoms with E-state index in [0.29, 0.717) is 28.6 Å². The molecule has 6 fully saturated rings. The van der Waals surface area contributed by atoms with E-state index in [2.05, 4.69) is 34.6 Å². The normalized spacial score (nSPS) is 52.4. The Hall–Kier alpha value is -1.06. The number of fused-ring (bicyclic) bond motifs is 7. The van der Waals surface area contributed by atoms with Gasteiger partial charge >= 0.3 is 11.9 Å². The number of rotatable bonds is 3. The minimum Gasteiger partial charge on any atom is -0.481 e. The summed E-state index contributed by atoms with van der Waals surface area (Å²) >= 11 is 0. The number of carbonyl (C=O) groups excluding carboxylic acids is 1. The molecule has 0 radical (unpaired) electrons. The molecule has 4 nitrogen and oxygen atoms in total. The van der Waals surface area contributed by atoms with E-state index in [1.165, 1.54) is 57.8 Å². The molecule has 0 aromatic heterocycles. The second-order valence-corrected chi connectivity index (χ2v) is 17.0. The van der Waals surface area contributed by atoms with E-state index >= 15 is 0 Å². The van der Waals surface area contributed by atoms with Crippen LogP contribution >= 0.6 is 0 Å². The van der Waals surface area contributed by atoms with Gasteiger partial charge in [-0.2, -0.15) is 0 Å². The Balaban J connectivity index is 1.19. The fourth-order valence-corrected chi connectivity index (χ4v) is 12.7. The molecule has 0 amide bonds. The zero-order valence-corrected chi connectivity index (χ0v) is 25.3. The van der Waals surface area contributed by atoms with Crippen LogP contribution in [0.25, 0.3) is 0 Å². The molecule has 6 aliphatic rings. The number of carbonyl (C=O) groups is 2. The first-order valence-corrected chi connectivity index (χ1v) is 16.1. The van der Waals surface area contributed by atoms with Crippen molar-refractivity contribution in [3.05, 3.63) is 0 Å². The fraction of sp³-hybridized carbons (Fsp3) is 0.941. The average Bonchev–Trinajstić information content (AvgIpc) is 3.21. The molecule has 214 valence electrons. The van der Waals surface area contributed by atoms with Gasteiger partial charge in [0.2, 0.25) is 0 Å². The predicted molar refractivity (Wildman–Crippen MR) is 149 cm³/mol. The highest BCUT2D eigenvalue weighted by Crippen LogP contribution is 2.73. The highest BCUT2D eigenvalue weighted by Gasteiger charge is 2.66. The lowest BCUT2D eigenvalue weighted by Gasteiger charge is -2.69. The number of carboxylic acid groups (broad SMARTS) is 1. The molecule has 0 spiro atoms. The lowest BCUT2D eigenvalue weighted by molar-refractivity contribution is -0.226. The number of aliphatic carboxylic acids is 1. The largest absolute Gasteiger partial charge is 0.481 e. The van der Waals surface area contributed by atoms with Gasteiger partial charge in [0.05, 0.1) is 11.8 Å². The quantitative estimate of drug-likeness (QED) is 0.377. The van der Waals surface area contributed by atoms with Crippen molar-refractivity contribution in [2.75, 3.05) is 0 Å². The summed E-state index contributed by atoms with van der Waals surface area (Å²) in [5.74, 6) is 2.46. The molecular weight excluding hydrogens is 472 g/mol. The highest BCUT2D eigenvalue weighted by atomic mass is 16.5. The number of esters is 1. The van der Waals surface area contributed by atoms with Crippen molar-refractivity contribution in [2.24, 2.45) is 68.5 Å². The van der Waals surface area contributed by atoms with Gasteiger partial charge in [-0.1, -0.05) is 54.9 Å². The molecule has 6 aliphatic carbocycles. The predicted octanol–water partition coefficient (Wildman–Crippen LogP) is 8.13. The zero-order chi connectivity index (χ0) is 27.5. The molecule has 11 unspecified atom stereocenters. The average molecular weight is 527 g/mol. The maximum absolute atomic E-state index is 13.3. The Morgan fingerprint density at radius 1 is 0.684 bits per heavy atom. The van der Waals surface area contributed by atoms with Crippen LogP contribution in [-0.4, -0.2) is 23.1 Å². The van der Waals surface area contributed by atoms with Crippen molar-refractivity contribution < 1.29 is 19.4 Å². The van der Waals surface area contributed by atoms with Gasteiger partial charge < -0.3 is 9.84 Å². The molecule has 6 rings (SSSR count). The first-order chi connectivity index (χ1) is 17.7. The third-order valence-corrected chi connectivity index (χ3v) is 15.0. The van der Waals surface area contributed by atoms with Gasteiger partial charge in [0, 0.05) is 5.41 Å². The monoisotopic (exact) mass is 526 g/mol. The minimum absolute atomic E-state index is 0.0580. The summed E-state index contributed by atoms with van der Waals surface area (Å²) in [6, 6.07) is 0. The summed E-state index contributed by atoms with van der Waals surface area (Å²) < 4.78 is 6.34. The van der Waals surface area contributed by atoms with Gasteiger partial charge in [0.25, 0.3) is 0 Å². The molecule has 0 aromatic rings. The maximum atomic E-state index is 13.3. The summed E-state index contributed by atoms with van der Waals surface area (Å²) in [6.07, 6.45) is 15.2. The Bertz CT molecular complexity index is 998. The third kappa shape index (κ3) is 3.52. The van der Waals surface area contributed by atoms with Crippen LogP contribution in [-0.2, 0) is 14.3 Å². The van der Waals surface area contributed by atoms with E-state index in [0.717, 1.165) is 36.5 Å². The summed E-state index contributed by atoms with van der Waals surface area (Å²) in [5.41, 5.74) is 0.799. The minimum atomic E-state index is -0.789. The van der Waals surface area contributed by atoms with Crippen LogP contribution in [0.2, 0.25) is 0 Å². The zero-order valence-electron chi connectivity index (χ0n) is 25.3. The molecule has 0 aromatic carbocycles. The number of ether oxygens (including phenoxy) is 1. The summed E-state index contributed by atoms with van der Waals surface area (Å²) in [6.45, 7) is 16.5. The van der Waals surface area contributed by atoms with Crippen LogP contribution in [0.1, 0.15) is 126 Å². The van der Waals surface area contributed by atoms with Gasteiger partial charge in [-0.05, 0) is 122 Å². The fourth-order valence-electron chi connectivity index (χ4n) is 12.7. The molecule has 4 heteroatoms. The van der Waals surface area contributed by atoms with Crippen molar-refractivity contribution >= 4 is 11.9 Å². The van der Waals surface area contributed by atoms with Crippen LogP contribution < -0.4 is 0 Å². The van der Waals surface area contributed by atoms with Crippen molar-refractivity contribution in [1.82, 2.24) is 0 Å². The molecule has 38 heavy (non-hydrogen) atoms. The molecule has 6 saturated carbocycles. The first kappa shape index (κ1) is 27.1. The van der Waals surface area contributed by atoms with E-state index in [1.54, 1.807) is 0 Å². The Labute approximate surface area is 231 Å². The van der Waals surface area contributed by atoms with E-state index in [1.807, 2.05) is 13.8 Å². The van der Waals surface area contributed by atoms with E-state index in [-0.39, 0.29) is 23.4 Å². The molecule has 11 atom stereocenters. The molecule has 0 aliphatic heterocycles. The van der Waals surface area contributed by atoms with Gasteiger partial charge in [-0.25, -0.2) is 0 Å². The van der Waals surface area contributed by atoms with E-state index in [9.17, 15) is 14.7 Å². The first-order valence-electron chi connectivity index (χ1n) is 16.1. The second kappa shape index (κ2) is 8.48. The second-order valence-electron chi connectivity index (χ2n) is 17.0. The number of carboxylic acids is 1. The van der Waals surface area contributed by atoms with Gasteiger partial charge in [0.1, 0.15) is 6.10 Å². The standard InChI is InChI=1S/C34H54O4/c1-30(2)23(28(35)36)19-24(30)29(37)38-27-14-18-34(7)25(31(27,3)4)13-17-33(6)22-12-16-32(5)15-8-9-21(32)20(22)10-11-26(33)34/h20-27H,8-19H2,1-7H3,(H,35,36). The summed E-state index contributed by atoms with van der Waals surface area (Å²) in [5, 5.41) is 9.52. The van der Waals surface area contributed by atoms with Gasteiger partial charge in [-0.15, -0.1) is 0 Å². The maximum Gasteiger partial charge on any atom is 0.309 e. The van der Waals surface area contributed by atoms with Crippen LogP contribution in [0.15, 0.2) is 0 Å². The Morgan fingerprint density at radius 3 is 2.08 bits per heavy atom. The SMILES string of the molecule is CC12CCCC1C1CCC3C(C)(CCC4C(C)(C)C(OC(=O)C5CC(C(=O)O)C5(C)C)CCC43C)C1CC2. The van der Waals surface area contributed by atoms with E-state index < -0.39 is 17.3 Å². The van der Waals surface area contributed by atoms with Crippen molar-refractivity contribution in [1.29, 1.82) is 0 Å². The molecule has 0 bridgehead atoms. The number of hydrogen-bond donors (Lipinski definition) is 1. The van der Waals surface area contributed by atoms with Crippen molar-refractivity contribution in [3.63, 3.8) is 0 Å². The third-order valence-electron chi connectivity index (χ3n) is 15.0. The Kier molecular flexibility index (Phi) is 6.05. The highest BCUT2D eigenvalue weighted by molar-refractivity contribution is 5.81. The van der Waals surface area contributed by atoms with Crippen LogP contribution in [0.4, 0.5) is 0 Å². The smallest absolute Gasteiger partial charge is 0.309 e. The topological polar surface area (TPSA) is 63.6 Å². The van der Waals surface area contributed by atoms with Crippen LogP contribution in [0, 0.1) is 68.5 Å². The summed E-state index contributed by atoms with van der Waals surface area (Å²) in [7, 11) is 0. The van der Waals surface area contributed by atoms with Gasteiger partial charge in [0.15, 0.2) is 0 Å². The van der Waals surface area contributed by atoms with Crippen molar-refractivity contribution in [2.45, 2.75) is 132 Å². The molecular formula is C34H54O4. The Morgan fingerprint density at radius 2 is 1.39 bits per heavy atom. The van der Waals surface area contributed by atoms with Gasteiger partial charge in [-0.3, -0.25) is 9.59 Å². The molecule has 0 heterocycles. The summed E-state index contributed by atoms with van der Waals surface area (Å²) in [4.78, 5) is 24.9. The lowest BCUT2D eigenvalue weighted by atomic mass is 9.36. The molecule has 1 N–H and O–H groups in total. The molecule has 0 saturated heterocycles. The van der Waals surface area contributed by atoms with E-state index in [4.69, 9.17) is 4.74 Å².